The highest BCUT2D eigenvalue weighted by molar-refractivity contribution is 6.36. The average molecular weight is 496 g/mol. The molecule has 0 aliphatic carbocycles. The summed E-state index contributed by atoms with van der Waals surface area (Å²) >= 11 is 6.28. The summed E-state index contributed by atoms with van der Waals surface area (Å²) in [5, 5.41) is 16.3. The van der Waals surface area contributed by atoms with Gasteiger partial charge in [0.2, 0.25) is 0 Å². The van der Waals surface area contributed by atoms with E-state index in [4.69, 9.17) is 21.1 Å². The topological polar surface area (TPSA) is 95.5 Å². The number of likely N-dealkylation sites (tertiary alicyclic amines) is 1. The van der Waals surface area contributed by atoms with Crippen LogP contribution in [0.2, 0.25) is 5.02 Å². The van der Waals surface area contributed by atoms with Crippen LogP contribution in [0.3, 0.4) is 0 Å². The van der Waals surface area contributed by atoms with Crippen LogP contribution in [0.4, 0.5) is 11.5 Å². The fourth-order valence-electron chi connectivity index (χ4n) is 4.64. The number of rotatable bonds is 8. The van der Waals surface area contributed by atoms with Crippen LogP contribution in [-0.4, -0.2) is 64.4 Å². The predicted molar refractivity (Wildman–Crippen MR) is 139 cm³/mol. The Morgan fingerprint density at radius 1 is 1.11 bits per heavy atom. The van der Waals surface area contributed by atoms with Gasteiger partial charge in [0.25, 0.3) is 0 Å². The van der Waals surface area contributed by atoms with Gasteiger partial charge < -0.3 is 29.8 Å². The van der Waals surface area contributed by atoms with Gasteiger partial charge >= 0.3 is 0 Å². The number of aromatic nitrogens is 3. The van der Waals surface area contributed by atoms with Gasteiger partial charge in [0.05, 0.1) is 28.9 Å². The zero-order valence-corrected chi connectivity index (χ0v) is 20.5. The normalized spacial score (nSPS) is 15.7. The number of benzene rings is 2. The summed E-state index contributed by atoms with van der Waals surface area (Å²) in [6.45, 7) is 2.86. The van der Waals surface area contributed by atoms with Crippen LogP contribution in [0, 0.1) is 0 Å². The molecule has 184 valence electrons. The van der Waals surface area contributed by atoms with Crippen LogP contribution in [0.25, 0.3) is 21.8 Å². The minimum atomic E-state index is -0.579. The highest BCUT2D eigenvalue weighted by Gasteiger charge is 2.17. The van der Waals surface area contributed by atoms with Crippen molar-refractivity contribution in [2.45, 2.75) is 31.8 Å². The number of nitrogens with one attached hydrogen (secondary N) is 2. The Labute approximate surface area is 209 Å². The number of ether oxygens (including phenoxy) is 2. The van der Waals surface area contributed by atoms with Crippen molar-refractivity contribution < 1.29 is 14.6 Å². The van der Waals surface area contributed by atoms with Gasteiger partial charge in [0.15, 0.2) is 11.5 Å². The van der Waals surface area contributed by atoms with Crippen molar-refractivity contribution in [2.75, 3.05) is 38.7 Å². The van der Waals surface area contributed by atoms with Gasteiger partial charge in [-0.2, -0.15) is 0 Å². The number of fused-ring (bicyclic) bond motifs is 2. The number of H-pyrrole nitrogens is 1. The molecule has 1 aliphatic heterocycles. The summed E-state index contributed by atoms with van der Waals surface area (Å²) in [6.07, 6.45) is 7.61. The van der Waals surface area contributed by atoms with E-state index in [1.54, 1.807) is 13.3 Å². The molecule has 2 aromatic carbocycles. The van der Waals surface area contributed by atoms with Crippen molar-refractivity contribution in [3.8, 4) is 11.5 Å². The maximum atomic E-state index is 10.6. The van der Waals surface area contributed by atoms with Crippen molar-refractivity contribution in [1.29, 1.82) is 0 Å². The van der Waals surface area contributed by atoms with E-state index in [2.05, 4.69) is 25.2 Å². The number of halogens is 1. The van der Waals surface area contributed by atoms with Crippen molar-refractivity contribution in [3.63, 3.8) is 0 Å². The Hall–Kier alpha value is -3.07. The van der Waals surface area contributed by atoms with E-state index in [-0.39, 0.29) is 6.61 Å². The number of methoxy groups -OCH3 is 1. The highest BCUT2D eigenvalue weighted by Crippen LogP contribution is 2.36. The quantitative estimate of drug-likeness (QED) is 0.312. The molecular formula is C26H30ClN5O3. The number of para-hydroxylation sites is 1. The summed E-state index contributed by atoms with van der Waals surface area (Å²) in [6, 6.07) is 9.55. The lowest BCUT2D eigenvalue weighted by molar-refractivity contribution is 0.0684. The van der Waals surface area contributed by atoms with E-state index >= 15 is 0 Å². The van der Waals surface area contributed by atoms with Gasteiger partial charge in [0, 0.05) is 29.6 Å². The Kier molecular flexibility index (Phi) is 7.22. The van der Waals surface area contributed by atoms with Gasteiger partial charge in [0.1, 0.15) is 24.9 Å². The second-order valence-electron chi connectivity index (χ2n) is 8.91. The first-order valence-electron chi connectivity index (χ1n) is 12.0. The Balaban J connectivity index is 1.35. The molecule has 0 bridgehead atoms. The number of anilines is 2. The van der Waals surface area contributed by atoms with E-state index in [1.807, 2.05) is 30.3 Å². The lowest BCUT2D eigenvalue weighted by Gasteiger charge is -2.23. The second-order valence-corrected chi connectivity index (χ2v) is 9.32. The summed E-state index contributed by atoms with van der Waals surface area (Å²) in [7, 11) is 1.60. The van der Waals surface area contributed by atoms with Crippen LogP contribution < -0.4 is 14.8 Å². The molecular weight excluding hydrogens is 466 g/mol. The molecule has 1 aliphatic rings. The summed E-state index contributed by atoms with van der Waals surface area (Å²) < 4.78 is 11.6. The lowest BCUT2D eigenvalue weighted by atomic mass is 10.2. The molecule has 0 spiro atoms. The average Bonchev–Trinajstić information content (AvgIpc) is 3.07. The fourth-order valence-corrected chi connectivity index (χ4v) is 4.86. The number of aromatic amines is 1. The summed E-state index contributed by atoms with van der Waals surface area (Å²) in [5.41, 5.74) is 2.46. The van der Waals surface area contributed by atoms with Crippen molar-refractivity contribution >= 4 is 44.9 Å². The third-order valence-corrected chi connectivity index (χ3v) is 6.75. The molecule has 8 nitrogen and oxygen atoms in total. The SMILES string of the molecule is COc1cc2c(Nc3cccc4c(Cl)c[nH]c34)ncnc2cc1OCC(O)CN1CCCCCC1. The number of hydrogen-bond acceptors (Lipinski definition) is 7. The zero-order chi connectivity index (χ0) is 24.2. The zero-order valence-electron chi connectivity index (χ0n) is 19.8. The Morgan fingerprint density at radius 2 is 1.94 bits per heavy atom. The van der Waals surface area contributed by atoms with E-state index in [1.165, 1.54) is 32.0 Å². The molecule has 2 aromatic heterocycles. The van der Waals surface area contributed by atoms with E-state index in [0.29, 0.717) is 34.4 Å². The third kappa shape index (κ3) is 5.29. The molecule has 5 rings (SSSR count). The predicted octanol–water partition coefficient (Wildman–Crippen LogP) is 5.13. The molecule has 3 N–H and O–H groups in total. The lowest BCUT2D eigenvalue weighted by Crippen LogP contribution is -2.36. The first-order chi connectivity index (χ1) is 17.1. The Morgan fingerprint density at radius 3 is 2.74 bits per heavy atom. The maximum absolute atomic E-state index is 10.6. The number of aliphatic hydroxyl groups excluding tert-OH is 1. The first kappa shape index (κ1) is 23.7. The fraction of sp³-hybridized carbons (Fsp3) is 0.385. The molecule has 1 unspecified atom stereocenters. The maximum Gasteiger partial charge on any atom is 0.163 e. The molecule has 0 amide bonds. The third-order valence-electron chi connectivity index (χ3n) is 6.44. The molecule has 1 saturated heterocycles. The van der Waals surface area contributed by atoms with Crippen molar-refractivity contribution in [2.24, 2.45) is 0 Å². The summed E-state index contributed by atoms with van der Waals surface area (Å²) in [4.78, 5) is 14.4. The minimum Gasteiger partial charge on any atom is -0.493 e. The van der Waals surface area contributed by atoms with Crippen LogP contribution >= 0.6 is 11.6 Å². The molecule has 1 atom stereocenters. The molecule has 0 saturated carbocycles. The molecule has 35 heavy (non-hydrogen) atoms. The van der Waals surface area contributed by atoms with Gasteiger partial charge in [-0.15, -0.1) is 0 Å². The molecule has 4 aromatic rings. The van der Waals surface area contributed by atoms with Crippen LogP contribution in [0.15, 0.2) is 42.9 Å². The number of aliphatic hydroxyl groups is 1. The van der Waals surface area contributed by atoms with Gasteiger partial charge in [-0.05, 0) is 38.1 Å². The number of nitrogens with zero attached hydrogens (tertiary/aromatic N) is 3. The van der Waals surface area contributed by atoms with Crippen molar-refractivity contribution in [3.05, 3.63) is 47.9 Å². The first-order valence-corrected chi connectivity index (χ1v) is 12.4. The van der Waals surface area contributed by atoms with E-state index in [9.17, 15) is 5.11 Å². The molecule has 1 fully saturated rings. The highest BCUT2D eigenvalue weighted by atomic mass is 35.5. The van der Waals surface area contributed by atoms with Crippen molar-refractivity contribution in [1.82, 2.24) is 19.9 Å². The molecule has 0 radical (unpaired) electrons. The van der Waals surface area contributed by atoms with Crippen LogP contribution in [0.5, 0.6) is 11.5 Å². The largest absolute Gasteiger partial charge is 0.493 e. The van der Waals surface area contributed by atoms with Crippen LogP contribution in [-0.2, 0) is 0 Å². The van der Waals surface area contributed by atoms with E-state index in [0.717, 1.165) is 35.1 Å². The number of β-amino-alcohol motifs (C(OH)–C–C–N with tert-alkyl or cyclic N) is 1. The number of hydrogen-bond donors (Lipinski definition) is 3. The van der Waals surface area contributed by atoms with Gasteiger partial charge in [-0.3, -0.25) is 0 Å². The van der Waals surface area contributed by atoms with E-state index < -0.39 is 6.10 Å². The van der Waals surface area contributed by atoms with Gasteiger partial charge in [-0.25, -0.2) is 9.97 Å². The monoisotopic (exact) mass is 495 g/mol. The standard InChI is InChI=1S/C26H30ClN5O3/c1-34-23-11-19-22(12-24(23)35-15-17(33)14-32-9-4-2-3-5-10-32)29-16-30-26(19)31-21-8-6-7-18-20(27)13-28-25(18)21/h6-8,11-13,16-17,28,33H,2-5,9-10,14-15H2,1H3,(H,29,30,31). The van der Waals surface area contributed by atoms with Gasteiger partial charge in [-0.1, -0.05) is 36.6 Å². The van der Waals surface area contributed by atoms with Crippen LogP contribution in [0.1, 0.15) is 25.7 Å². The minimum absolute atomic E-state index is 0.185. The molecule has 3 heterocycles. The second kappa shape index (κ2) is 10.7. The Bertz CT molecular complexity index is 1300. The summed E-state index contributed by atoms with van der Waals surface area (Å²) in [5.74, 6) is 1.73. The smallest absolute Gasteiger partial charge is 0.163 e. The molecule has 9 heteroatoms.